The van der Waals surface area contributed by atoms with Gasteiger partial charge in [-0.05, 0) is 44.5 Å². The van der Waals surface area contributed by atoms with Crippen molar-refractivity contribution in [2.24, 2.45) is 0 Å². The van der Waals surface area contributed by atoms with Crippen LogP contribution < -0.4 is 10.6 Å². The van der Waals surface area contributed by atoms with Gasteiger partial charge in [0, 0.05) is 31.0 Å². The Kier molecular flexibility index (Phi) is 6.83. The van der Waals surface area contributed by atoms with Gasteiger partial charge in [0.1, 0.15) is 5.01 Å². The number of hydrogen-bond acceptors (Lipinski definition) is 6. The molecule has 0 aliphatic carbocycles. The fourth-order valence-electron chi connectivity index (χ4n) is 1.90. The van der Waals surface area contributed by atoms with E-state index in [4.69, 9.17) is 4.74 Å². The van der Waals surface area contributed by atoms with Crippen LogP contribution in [0.4, 0.5) is 5.69 Å². The molecule has 24 heavy (non-hydrogen) atoms. The number of aromatic nitrogens is 2. The zero-order chi connectivity index (χ0) is 17.4. The van der Waals surface area contributed by atoms with E-state index in [9.17, 15) is 9.59 Å². The molecule has 7 nitrogen and oxygen atoms in total. The van der Waals surface area contributed by atoms with Gasteiger partial charge in [-0.3, -0.25) is 9.59 Å². The third kappa shape index (κ3) is 5.39. The van der Waals surface area contributed by atoms with Gasteiger partial charge < -0.3 is 15.4 Å². The minimum Gasteiger partial charge on any atom is -0.382 e. The first-order chi connectivity index (χ1) is 11.6. The lowest BCUT2D eigenvalue weighted by Gasteiger charge is -2.07. The molecule has 0 fully saturated rings. The van der Waals surface area contributed by atoms with E-state index in [-0.39, 0.29) is 11.8 Å². The second kappa shape index (κ2) is 9.09. The minimum atomic E-state index is -0.311. The molecule has 2 aromatic rings. The van der Waals surface area contributed by atoms with Crippen LogP contribution in [0.2, 0.25) is 0 Å². The molecule has 128 valence electrons. The van der Waals surface area contributed by atoms with Gasteiger partial charge in [-0.25, -0.2) is 0 Å². The van der Waals surface area contributed by atoms with E-state index in [1.807, 2.05) is 6.92 Å². The van der Waals surface area contributed by atoms with Gasteiger partial charge in [-0.2, -0.15) is 0 Å². The summed E-state index contributed by atoms with van der Waals surface area (Å²) >= 11 is 1.23. The molecule has 0 saturated carbocycles. The van der Waals surface area contributed by atoms with Crippen LogP contribution in [-0.2, 0) is 4.74 Å². The van der Waals surface area contributed by atoms with Gasteiger partial charge in [0.2, 0.25) is 5.01 Å². The molecule has 1 aromatic heterocycles. The monoisotopic (exact) mass is 348 g/mol. The summed E-state index contributed by atoms with van der Waals surface area (Å²) in [6.45, 7) is 5.60. The van der Waals surface area contributed by atoms with Crippen LogP contribution in [0.5, 0.6) is 0 Å². The highest BCUT2D eigenvalue weighted by Crippen LogP contribution is 2.13. The highest BCUT2D eigenvalue weighted by molar-refractivity contribution is 7.13. The number of aryl methyl sites for hydroxylation is 1. The summed E-state index contributed by atoms with van der Waals surface area (Å²) in [4.78, 5) is 24.0. The topological polar surface area (TPSA) is 93.2 Å². The summed E-state index contributed by atoms with van der Waals surface area (Å²) in [5.41, 5.74) is 1.14. The lowest BCUT2D eigenvalue weighted by atomic mass is 10.2. The Labute approximate surface area is 144 Å². The van der Waals surface area contributed by atoms with Crippen LogP contribution in [0.15, 0.2) is 24.3 Å². The van der Waals surface area contributed by atoms with Crippen molar-refractivity contribution in [3.8, 4) is 0 Å². The molecule has 2 rings (SSSR count). The first kappa shape index (κ1) is 18.0. The normalized spacial score (nSPS) is 10.4. The molecule has 0 unspecified atom stereocenters. The Bertz CT molecular complexity index is 685. The number of nitrogens with one attached hydrogen (secondary N) is 2. The number of anilines is 1. The molecular formula is C16H20N4O3S. The van der Waals surface area contributed by atoms with E-state index in [1.54, 1.807) is 31.2 Å². The second-order valence-corrected chi connectivity index (χ2v) is 6.15. The first-order valence-corrected chi connectivity index (χ1v) is 8.49. The number of carbonyl (C=O) groups is 2. The van der Waals surface area contributed by atoms with Gasteiger partial charge in [-0.1, -0.05) is 11.3 Å². The van der Waals surface area contributed by atoms with Crippen LogP contribution in [0, 0.1) is 6.92 Å². The predicted molar refractivity (Wildman–Crippen MR) is 92.5 cm³/mol. The van der Waals surface area contributed by atoms with Crippen molar-refractivity contribution in [3.63, 3.8) is 0 Å². The lowest BCUT2D eigenvalue weighted by Crippen LogP contribution is -2.25. The van der Waals surface area contributed by atoms with Crippen LogP contribution in [0.1, 0.15) is 38.5 Å². The molecule has 0 radical (unpaired) electrons. The van der Waals surface area contributed by atoms with Crippen molar-refractivity contribution in [2.45, 2.75) is 20.3 Å². The van der Waals surface area contributed by atoms with E-state index in [0.717, 1.165) is 11.4 Å². The molecule has 8 heteroatoms. The third-order valence-electron chi connectivity index (χ3n) is 3.08. The minimum absolute atomic E-state index is 0.149. The molecule has 0 saturated heterocycles. The van der Waals surface area contributed by atoms with E-state index in [0.29, 0.717) is 36.0 Å². The average molecular weight is 348 g/mol. The van der Waals surface area contributed by atoms with Gasteiger partial charge in [-0.15, -0.1) is 10.2 Å². The molecule has 2 amide bonds. The van der Waals surface area contributed by atoms with Crippen LogP contribution in [0.25, 0.3) is 0 Å². The molecule has 0 aliphatic rings. The van der Waals surface area contributed by atoms with E-state index < -0.39 is 0 Å². The molecule has 0 aliphatic heterocycles. The Balaban J connectivity index is 1.83. The predicted octanol–water partition coefficient (Wildman–Crippen LogP) is 2.26. The average Bonchev–Trinajstić information content (AvgIpc) is 3.02. The highest BCUT2D eigenvalue weighted by atomic mass is 32.1. The fourth-order valence-corrected chi connectivity index (χ4v) is 2.49. The molecule has 1 aromatic carbocycles. The van der Waals surface area contributed by atoms with Crippen molar-refractivity contribution in [1.29, 1.82) is 0 Å². The molecule has 0 atom stereocenters. The molecule has 0 bridgehead atoms. The van der Waals surface area contributed by atoms with Gasteiger partial charge in [0.25, 0.3) is 11.8 Å². The second-order valence-electron chi connectivity index (χ2n) is 4.96. The fraction of sp³-hybridized carbons (Fsp3) is 0.375. The summed E-state index contributed by atoms with van der Waals surface area (Å²) in [7, 11) is 0. The number of benzene rings is 1. The Morgan fingerprint density at radius 3 is 2.54 bits per heavy atom. The zero-order valence-electron chi connectivity index (χ0n) is 13.7. The van der Waals surface area contributed by atoms with Crippen LogP contribution in [0.3, 0.4) is 0 Å². The Morgan fingerprint density at radius 1 is 1.17 bits per heavy atom. The molecule has 2 N–H and O–H groups in total. The van der Waals surface area contributed by atoms with Crippen molar-refractivity contribution in [3.05, 3.63) is 39.8 Å². The summed E-state index contributed by atoms with van der Waals surface area (Å²) in [5.74, 6) is -0.460. The summed E-state index contributed by atoms with van der Waals surface area (Å²) < 4.78 is 5.21. The number of ether oxygens (including phenoxy) is 1. The summed E-state index contributed by atoms with van der Waals surface area (Å²) in [5, 5.41) is 14.2. The maximum absolute atomic E-state index is 12.0. The van der Waals surface area contributed by atoms with Gasteiger partial charge in [0.05, 0.1) is 0 Å². The van der Waals surface area contributed by atoms with Crippen molar-refractivity contribution in [2.75, 3.05) is 25.1 Å². The zero-order valence-corrected chi connectivity index (χ0v) is 14.5. The smallest absolute Gasteiger partial charge is 0.286 e. The summed E-state index contributed by atoms with van der Waals surface area (Å²) in [6.07, 6.45) is 0.773. The molecule has 1 heterocycles. The highest BCUT2D eigenvalue weighted by Gasteiger charge is 2.12. The van der Waals surface area contributed by atoms with Gasteiger partial charge in [0.15, 0.2) is 0 Å². The third-order valence-corrected chi connectivity index (χ3v) is 3.92. The Morgan fingerprint density at radius 2 is 1.92 bits per heavy atom. The number of nitrogens with zero attached hydrogens (tertiary/aromatic N) is 2. The number of amides is 2. The summed E-state index contributed by atoms with van der Waals surface area (Å²) in [6, 6.07) is 6.69. The largest absolute Gasteiger partial charge is 0.382 e. The van der Waals surface area contributed by atoms with Crippen molar-refractivity contribution in [1.82, 2.24) is 15.5 Å². The number of rotatable bonds is 8. The number of carbonyl (C=O) groups excluding carboxylic acids is 2. The van der Waals surface area contributed by atoms with Crippen molar-refractivity contribution >= 4 is 28.8 Å². The molecular weight excluding hydrogens is 328 g/mol. The van der Waals surface area contributed by atoms with Crippen molar-refractivity contribution < 1.29 is 14.3 Å². The first-order valence-electron chi connectivity index (χ1n) is 7.67. The van der Waals surface area contributed by atoms with Crippen LogP contribution >= 0.6 is 11.3 Å². The maximum Gasteiger partial charge on any atom is 0.286 e. The molecule has 0 spiro atoms. The van der Waals surface area contributed by atoms with Gasteiger partial charge >= 0.3 is 0 Å². The number of hydrogen-bond donors (Lipinski definition) is 2. The van der Waals surface area contributed by atoms with E-state index in [1.165, 1.54) is 11.3 Å². The van der Waals surface area contributed by atoms with E-state index >= 15 is 0 Å². The standard InChI is InChI=1S/C16H20N4O3S/c1-3-23-10-4-9-17-14(21)12-5-7-13(8-6-12)18-15(22)16-20-19-11(2)24-16/h5-8H,3-4,9-10H2,1-2H3,(H,17,21)(H,18,22). The quantitative estimate of drug-likeness (QED) is 0.714. The Hall–Kier alpha value is -2.32. The maximum atomic E-state index is 12.0. The van der Waals surface area contributed by atoms with E-state index in [2.05, 4.69) is 20.8 Å². The SMILES string of the molecule is CCOCCCNC(=O)c1ccc(NC(=O)c2nnc(C)s2)cc1. The lowest BCUT2D eigenvalue weighted by molar-refractivity contribution is 0.0943. The van der Waals surface area contributed by atoms with Crippen LogP contribution in [-0.4, -0.2) is 41.8 Å².